The normalized spacial score (nSPS) is 12.6. The van der Waals surface area contributed by atoms with Crippen LogP contribution in [0.2, 0.25) is 0 Å². The first-order valence-corrected chi connectivity index (χ1v) is 10.4. The number of esters is 1. The largest absolute Gasteiger partial charge is 0.461 e. The van der Waals surface area contributed by atoms with Gasteiger partial charge < -0.3 is 4.74 Å². The fourth-order valence-electron chi connectivity index (χ4n) is 3.46. The average Bonchev–Trinajstić information content (AvgIpc) is 3.10. The minimum Gasteiger partial charge on any atom is -0.461 e. The van der Waals surface area contributed by atoms with Gasteiger partial charge in [-0.3, -0.25) is 9.56 Å². The van der Waals surface area contributed by atoms with E-state index in [1.54, 1.807) is 13.3 Å². The van der Waals surface area contributed by atoms with Crippen LogP contribution in [0.4, 0.5) is 0 Å². The first-order chi connectivity index (χ1) is 14.9. The van der Waals surface area contributed by atoms with Crippen molar-refractivity contribution in [1.29, 1.82) is 0 Å². The van der Waals surface area contributed by atoms with Crippen molar-refractivity contribution in [1.82, 2.24) is 9.55 Å². The molecule has 156 valence electrons. The molecule has 2 aromatic carbocycles. The smallest absolute Gasteiger partial charge is 0.358 e. The molecule has 0 fully saturated rings. The van der Waals surface area contributed by atoms with Gasteiger partial charge in [-0.15, -0.1) is 0 Å². The summed E-state index contributed by atoms with van der Waals surface area (Å²) in [4.78, 5) is 21.7. The number of rotatable bonds is 3. The summed E-state index contributed by atoms with van der Waals surface area (Å²) in [5.41, 5.74) is 5.62. The van der Waals surface area contributed by atoms with E-state index in [0.29, 0.717) is 18.8 Å². The Hall–Kier alpha value is -3.65. The lowest BCUT2D eigenvalue weighted by Gasteiger charge is -2.13. The summed E-state index contributed by atoms with van der Waals surface area (Å²) in [5.74, 6) is 6.16. The van der Waals surface area contributed by atoms with Crippen LogP contribution in [0, 0.1) is 17.3 Å². The standard InChI is InChI=1S/C26H25N3O2/c1-5-31-25(30)24-22-16-27-23(19-9-7-6-8-10-19)20-15-18(13-14-26(2,3)4)11-12-21(20)29(22)17-28-24/h6-12,15,17H,5,16H2,1-4H3. The summed E-state index contributed by atoms with van der Waals surface area (Å²) in [6.45, 7) is 8.69. The fourth-order valence-corrected chi connectivity index (χ4v) is 3.46. The molecule has 3 aromatic rings. The van der Waals surface area contributed by atoms with E-state index in [2.05, 4.69) is 43.7 Å². The van der Waals surface area contributed by atoms with Gasteiger partial charge in [-0.1, -0.05) is 42.2 Å². The molecule has 1 aliphatic heterocycles. The molecule has 0 spiro atoms. The van der Waals surface area contributed by atoms with Gasteiger partial charge in [-0.2, -0.15) is 0 Å². The highest BCUT2D eigenvalue weighted by Crippen LogP contribution is 2.28. The number of fused-ring (bicyclic) bond motifs is 3. The van der Waals surface area contributed by atoms with Crippen molar-refractivity contribution in [2.45, 2.75) is 34.2 Å². The van der Waals surface area contributed by atoms with E-state index >= 15 is 0 Å². The van der Waals surface area contributed by atoms with Crippen molar-refractivity contribution in [3.05, 3.63) is 82.9 Å². The molecule has 0 atom stereocenters. The van der Waals surface area contributed by atoms with E-state index in [1.165, 1.54) is 0 Å². The third-order valence-corrected chi connectivity index (χ3v) is 4.86. The van der Waals surface area contributed by atoms with Crippen molar-refractivity contribution in [2.24, 2.45) is 10.4 Å². The molecule has 0 saturated heterocycles. The van der Waals surface area contributed by atoms with Crippen LogP contribution in [0.5, 0.6) is 0 Å². The van der Waals surface area contributed by atoms with Gasteiger partial charge in [0, 0.05) is 22.1 Å². The summed E-state index contributed by atoms with van der Waals surface area (Å²) < 4.78 is 7.13. The third-order valence-electron chi connectivity index (χ3n) is 4.86. The Morgan fingerprint density at radius 2 is 1.94 bits per heavy atom. The lowest BCUT2D eigenvalue weighted by Crippen LogP contribution is -2.09. The maximum absolute atomic E-state index is 12.4. The van der Waals surface area contributed by atoms with Crippen LogP contribution in [0.25, 0.3) is 5.69 Å². The summed E-state index contributed by atoms with van der Waals surface area (Å²) in [5, 5.41) is 0. The summed E-state index contributed by atoms with van der Waals surface area (Å²) in [6.07, 6.45) is 1.67. The number of aliphatic imine (C=N–C) groups is 1. The number of hydrogen-bond donors (Lipinski definition) is 0. The average molecular weight is 412 g/mol. The molecule has 0 unspecified atom stereocenters. The number of nitrogens with zero attached hydrogens (tertiary/aromatic N) is 3. The first-order valence-electron chi connectivity index (χ1n) is 10.4. The number of carbonyl (C=O) groups is 1. The number of carbonyl (C=O) groups excluding carboxylic acids is 1. The maximum Gasteiger partial charge on any atom is 0.358 e. The molecule has 5 heteroatoms. The van der Waals surface area contributed by atoms with Crippen LogP contribution in [0.15, 0.2) is 59.9 Å². The van der Waals surface area contributed by atoms with Crippen LogP contribution in [-0.4, -0.2) is 27.8 Å². The predicted molar refractivity (Wildman–Crippen MR) is 122 cm³/mol. The molecular weight excluding hydrogens is 386 g/mol. The Labute approximate surface area is 182 Å². The number of aromatic nitrogens is 2. The second-order valence-corrected chi connectivity index (χ2v) is 8.39. The topological polar surface area (TPSA) is 56.5 Å². The summed E-state index contributed by atoms with van der Waals surface area (Å²) in [7, 11) is 0. The Morgan fingerprint density at radius 1 is 1.16 bits per heavy atom. The molecule has 0 N–H and O–H groups in total. The second kappa shape index (κ2) is 8.23. The monoisotopic (exact) mass is 411 g/mol. The molecular formula is C26H25N3O2. The molecule has 4 rings (SSSR count). The zero-order valence-corrected chi connectivity index (χ0v) is 18.3. The van der Waals surface area contributed by atoms with E-state index in [1.807, 2.05) is 47.0 Å². The van der Waals surface area contributed by atoms with Crippen LogP contribution >= 0.6 is 0 Å². The van der Waals surface area contributed by atoms with E-state index < -0.39 is 5.97 Å². The van der Waals surface area contributed by atoms with Gasteiger partial charge in [0.25, 0.3) is 0 Å². The van der Waals surface area contributed by atoms with Gasteiger partial charge in [0.2, 0.25) is 0 Å². The van der Waals surface area contributed by atoms with E-state index in [-0.39, 0.29) is 5.41 Å². The molecule has 0 saturated carbocycles. The zero-order chi connectivity index (χ0) is 22.0. The molecule has 2 heterocycles. The van der Waals surface area contributed by atoms with Crippen molar-refractivity contribution in [3.63, 3.8) is 0 Å². The van der Waals surface area contributed by atoms with Crippen molar-refractivity contribution in [2.75, 3.05) is 6.61 Å². The molecule has 0 amide bonds. The molecule has 31 heavy (non-hydrogen) atoms. The second-order valence-electron chi connectivity index (χ2n) is 8.39. The highest BCUT2D eigenvalue weighted by Gasteiger charge is 2.25. The minimum absolute atomic E-state index is 0.0881. The van der Waals surface area contributed by atoms with E-state index in [0.717, 1.165) is 33.8 Å². The van der Waals surface area contributed by atoms with Gasteiger partial charge in [-0.25, -0.2) is 9.78 Å². The van der Waals surface area contributed by atoms with Gasteiger partial charge in [0.15, 0.2) is 5.69 Å². The fraction of sp³-hybridized carbons (Fsp3) is 0.269. The lowest BCUT2D eigenvalue weighted by molar-refractivity contribution is 0.0518. The predicted octanol–water partition coefficient (Wildman–Crippen LogP) is 4.80. The van der Waals surface area contributed by atoms with Crippen molar-refractivity contribution in [3.8, 4) is 17.5 Å². The number of imidazole rings is 1. The Bertz CT molecular complexity index is 1220. The van der Waals surface area contributed by atoms with Crippen LogP contribution in [0.3, 0.4) is 0 Å². The van der Waals surface area contributed by atoms with Gasteiger partial charge in [0.05, 0.1) is 30.2 Å². The Balaban J connectivity index is 1.90. The molecule has 1 aliphatic rings. The van der Waals surface area contributed by atoms with Crippen LogP contribution < -0.4 is 0 Å². The number of ether oxygens (including phenoxy) is 1. The van der Waals surface area contributed by atoms with Gasteiger partial charge >= 0.3 is 5.97 Å². The van der Waals surface area contributed by atoms with Gasteiger partial charge in [0.1, 0.15) is 6.33 Å². The summed E-state index contributed by atoms with van der Waals surface area (Å²) >= 11 is 0. The summed E-state index contributed by atoms with van der Waals surface area (Å²) in [6, 6.07) is 16.2. The lowest BCUT2D eigenvalue weighted by atomic mass is 9.95. The molecule has 0 aliphatic carbocycles. The number of hydrogen-bond acceptors (Lipinski definition) is 4. The zero-order valence-electron chi connectivity index (χ0n) is 18.3. The molecule has 5 nitrogen and oxygen atoms in total. The molecule has 0 radical (unpaired) electrons. The number of benzene rings is 2. The molecule has 0 bridgehead atoms. The van der Waals surface area contributed by atoms with Crippen molar-refractivity contribution >= 4 is 11.7 Å². The highest BCUT2D eigenvalue weighted by atomic mass is 16.5. The third kappa shape index (κ3) is 4.29. The Kier molecular flexibility index (Phi) is 5.48. The SMILES string of the molecule is CCOC(=O)c1ncn2c1CN=C(c1ccccc1)c1cc(C#CC(C)(C)C)ccc1-2. The Morgan fingerprint density at radius 3 is 2.65 bits per heavy atom. The highest BCUT2D eigenvalue weighted by molar-refractivity contribution is 6.15. The van der Waals surface area contributed by atoms with Gasteiger partial charge in [-0.05, 0) is 45.9 Å². The van der Waals surface area contributed by atoms with E-state index in [4.69, 9.17) is 9.73 Å². The quantitative estimate of drug-likeness (QED) is 0.460. The van der Waals surface area contributed by atoms with Crippen molar-refractivity contribution < 1.29 is 9.53 Å². The van der Waals surface area contributed by atoms with Crippen LogP contribution in [0.1, 0.15) is 60.6 Å². The maximum atomic E-state index is 12.4. The molecule has 1 aromatic heterocycles. The minimum atomic E-state index is -0.427. The van der Waals surface area contributed by atoms with E-state index in [9.17, 15) is 4.79 Å². The first kappa shape index (κ1) is 20.6. The van der Waals surface area contributed by atoms with Crippen LogP contribution in [-0.2, 0) is 11.3 Å².